The van der Waals surface area contributed by atoms with Crippen molar-refractivity contribution in [1.82, 2.24) is 10.6 Å². The number of hydrogen-bond acceptors (Lipinski definition) is 6. The summed E-state index contributed by atoms with van der Waals surface area (Å²) < 4.78 is 9.84. The van der Waals surface area contributed by atoms with E-state index < -0.39 is 36.4 Å². The molecule has 3 rings (SSSR count). The van der Waals surface area contributed by atoms with Crippen molar-refractivity contribution in [3.8, 4) is 11.1 Å². The monoisotopic (exact) mass is 440 g/mol. The fraction of sp³-hybridized carbons (Fsp3) is 0.304. The number of aliphatic carboxylic acids is 1. The summed E-state index contributed by atoms with van der Waals surface area (Å²) in [6.45, 7) is -0.0163. The van der Waals surface area contributed by atoms with Gasteiger partial charge in [0, 0.05) is 12.5 Å². The van der Waals surface area contributed by atoms with Crippen molar-refractivity contribution in [1.29, 1.82) is 0 Å². The lowest BCUT2D eigenvalue weighted by molar-refractivity contribution is -0.141. The van der Waals surface area contributed by atoms with Crippen molar-refractivity contribution in [2.24, 2.45) is 0 Å². The number of carbonyl (C=O) groups is 4. The van der Waals surface area contributed by atoms with E-state index >= 15 is 0 Å². The molecule has 2 amide bonds. The number of fused-ring (bicyclic) bond motifs is 3. The van der Waals surface area contributed by atoms with Crippen LogP contribution in [-0.2, 0) is 23.9 Å². The van der Waals surface area contributed by atoms with Gasteiger partial charge in [-0.3, -0.25) is 14.4 Å². The molecule has 1 aliphatic carbocycles. The van der Waals surface area contributed by atoms with Crippen LogP contribution in [0.25, 0.3) is 11.1 Å². The first-order chi connectivity index (χ1) is 15.4. The summed E-state index contributed by atoms with van der Waals surface area (Å²) >= 11 is 0. The van der Waals surface area contributed by atoms with Crippen LogP contribution in [0.2, 0.25) is 0 Å². The molecule has 1 atom stereocenters. The zero-order valence-electron chi connectivity index (χ0n) is 17.5. The molecule has 0 fully saturated rings. The first kappa shape index (κ1) is 22.8. The third-order valence-electron chi connectivity index (χ3n) is 5.19. The Kier molecular flexibility index (Phi) is 7.43. The summed E-state index contributed by atoms with van der Waals surface area (Å²) in [7, 11) is 1.22. The van der Waals surface area contributed by atoms with Gasteiger partial charge in [0.1, 0.15) is 12.6 Å². The standard InChI is InChI=1S/C23H24N2O7/c1-31-21(28)10-11-24-22(29)19(12-20(26)27)25-23(30)32-13-18-16-8-4-2-6-14(16)15-7-3-5-9-17(15)18/h2-9,18-19H,10-13H2,1H3,(H,24,29)(H,25,30)(H,26,27). The number of amides is 2. The number of hydrogen-bond donors (Lipinski definition) is 3. The first-order valence-electron chi connectivity index (χ1n) is 10.1. The van der Waals surface area contributed by atoms with Crippen LogP contribution in [0.5, 0.6) is 0 Å². The zero-order chi connectivity index (χ0) is 23.1. The molecule has 1 unspecified atom stereocenters. The second kappa shape index (κ2) is 10.4. The smallest absolute Gasteiger partial charge is 0.407 e. The van der Waals surface area contributed by atoms with E-state index in [1.54, 1.807) is 0 Å². The fourth-order valence-electron chi connectivity index (χ4n) is 3.68. The van der Waals surface area contributed by atoms with Crippen molar-refractivity contribution in [2.75, 3.05) is 20.3 Å². The Bertz CT molecular complexity index is 975. The fourth-order valence-corrected chi connectivity index (χ4v) is 3.68. The molecule has 2 aromatic carbocycles. The highest BCUT2D eigenvalue weighted by atomic mass is 16.5. The molecule has 0 aliphatic heterocycles. The van der Waals surface area contributed by atoms with Crippen LogP contribution in [0.15, 0.2) is 48.5 Å². The Balaban J connectivity index is 1.61. The normalized spacial score (nSPS) is 12.8. The zero-order valence-corrected chi connectivity index (χ0v) is 17.5. The summed E-state index contributed by atoms with van der Waals surface area (Å²) in [6, 6.07) is 14.3. The van der Waals surface area contributed by atoms with Crippen LogP contribution in [0.1, 0.15) is 29.9 Å². The van der Waals surface area contributed by atoms with E-state index in [1.165, 1.54) is 7.11 Å². The highest BCUT2D eigenvalue weighted by Crippen LogP contribution is 2.44. The van der Waals surface area contributed by atoms with E-state index in [4.69, 9.17) is 9.84 Å². The lowest BCUT2D eigenvalue weighted by atomic mass is 9.98. The van der Waals surface area contributed by atoms with Crippen LogP contribution in [0.4, 0.5) is 4.79 Å². The van der Waals surface area contributed by atoms with Gasteiger partial charge in [0.25, 0.3) is 0 Å². The highest BCUT2D eigenvalue weighted by Gasteiger charge is 2.30. The van der Waals surface area contributed by atoms with Gasteiger partial charge in [-0.2, -0.15) is 0 Å². The van der Waals surface area contributed by atoms with Crippen LogP contribution in [0.3, 0.4) is 0 Å². The number of esters is 1. The van der Waals surface area contributed by atoms with E-state index in [9.17, 15) is 19.2 Å². The third-order valence-corrected chi connectivity index (χ3v) is 5.19. The third kappa shape index (κ3) is 5.42. The molecular weight excluding hydrogens is 416 g/mol. The minimum Gasteiger partial charge on any atom is -0.481 e. The number of carboxylic acid groups (broad SMARTS) is 1. The van der Waals surface area contributed by atoms with Crippen LogP contribution in [0, 0.1) is 0 Å². The lowest BCUT2D eigenvalue weighted by Crippen LogP contribution is -2.48. The molecule has 0 spiro atoms. The highest BCUT2D eigenvalue weighted by molar-refractivity contribution is 5.89. The molecule has 3 N–H and O–H groups in total. The van der Waals surface area contributed by atoms with Crippen molar-refractivity contribution >= 4 is 23.9 Å². The maximum Gasteiger partial charge on any atom is 0.407 e. The van der Waals surface area contributed by atoms with Crippen molar-refractivity contribution in [2.45, 2.75) is 24.8 Å². The predicted molar refractivity (Wildman–Crippen MR) is 114 cm³/mol. The Morgan fingerprint density at radius 1 is 1.00 bits per heavy atom. The summed E-state index contributed by atoms with van der Waals surface area (Å²) in [5.41, 5.74) is 4.21. The van der Waals surface area contributed by atoms with Crippen LogP contribution in [-0.4, -0.2) is 55.3 Å². The minimum atomic E-state index is -1.35. The van der Waals surface area contributed by atoms with Gasteiger partial charge in [-0.15, -0.1) is 0 Å². The molecule has 9 heteroatoms. The van der Waals surface area contributed by atoms with E-state index in [2.05, 4.69) is 15.4 Å². The maximum absolute atomic E-state index is 12.4. The number of rotatable bonds is 9. The van der Waals surface area contributed by atoms with Gasteiger partial charge in [0.05, 0.1) is 20.0 Å². The number of alkyl carbamates (subject to hydrolysis) is 1. The van der Waals surface area contributed by atoms with Crippen LogP contribution < -0.4 is 10.6 Å². The first-order valence-corrected chi connectivity index (χ1v) is 10.1. The van der Waals surface area contributed by atoms with E-state index in [0.717, 1.165) is 22.3 Å². The predicted octanol–water partition coefficient (Wildman–Crippen LogP) is 2.05. The van der Waals surface area contributed by atoms with Gasteiger partial charge < -0.3 is 25.2 Å². The number of nitrogens with one attached hydrogen (secondary N) is 2. The Morgan fingerprint density at radius 2 is 1.59 bits per heavy atom. The van der Waals surface area contributed by atoms with Gasteiger partial charge >= 0.3 is 18.0 Å². The lowest BCUT2D eigenvalue weighted by Gasteiger charge is -2.18. The molecule has 0 saturated heterocycles. The van der Waals surface area contributed by atoms with Gasteiger partial charge in [0.2, 0.25) is 5.91 Å². The summed E-state index contributed by atoms with van der Waals surface area (Å²) in [6.07, 6.45) is -1.61. The maximum atomic E-state index is 12.4. The Morgan fingerprint density at radius 3 is 2.16 bits per heavy atom. The molecule has 1 aliphatic rings. The van der Waals surface area contributed by atoms with Gasteiger partial charge in [-0.05, 0) is 22.3 Å². The average Bonchev–Trinajstić information content (AvgIpc) is 3.10. The SMILES string of the molecule is COC(=O)CCNC(=O)C(CC(=O)O)NC(=O)OCC1c2ccccc2-c2ccccc21. The molecule has 0 bridgehead atoms. The van der Waals surface area contributed by atoms with Gasteiger partial charge in [0.15, 0.2) is 0 Å². The van der Waals surface area contributed by atoms with Crippen molar-refractivity contribution < 1.29 is 33.8 Å². The Hall–Kier alpha value is -3.88. The summed E-state index contributed by atoms with van der Waals surface area (Å²) in [4.78, 5) is 46.9. The van der Waals surface area contributed by atoms with Gasteiger partial charge in [-0.25, -0.2) is 4.79 Å². The summed E-state index contributed by atoms with van der Waals surface area (Å²) in [5, 5.41) is 13.8. The number of methoxy groups -OCH3 is 1. The quantitative estimate of drug-likeness (QED) is 0.509. The topological polar surface area (TPSA) is 131 Å². The summed E-state index contributed by atoms with van der Waals surface area (Å²) in [5.74, 6) is -2.69. The molecular formula is C23H24N2O7. The number of carbonyl (C=O) groups excluding carboxylic acids is 3. The molecule has 2 aromatic rings. The molecule has 0 radical (unpaired) electrons. The number of ether oxygens (including phenoxy) is 2. The van der Waals surface area contributed by atoms with Gasteiger partial charge in [-0.1, -0.05) is 48.5 Å². The second-order valence-electron chi connectivity index (χ2n) is 7.24. The minimum absolute atomic E-state index is 0.0314. The molecule has 9 nitrogen and oxygen atoms in total. The van der Waals surface area contributed by atoms with E-state index in [0.29, 0.717) is 0 Å². The Labute approximate surface area is 184 Å². The number of carboxylic acids is 1. The largest absolute Gasteiger partial charge is 0.481 e. The van der Waals surface area contributed by atoms with Crippen molar-refractivity contribution in [3.63, 3.8) is 0 Å². The number of benzene rings is 2. The van der Waals surface area contributed by atoms with E-state index in [1.807, 2.05) is 48.5 Å². The molecule has 0 saturated carbocycles. The van der Waals surface area contributed by atoms with Crippen molar-refractivity contribution in [3.05, 3.63) is 59.7 Å². The van der Waals surface area contributed by atoms with Crippen LogP contribution >= 0.6 is 0 Å². The van der Waals surface area contributed by atoms with E-state index in [-0.39, 0.29) is 25.5 Å². The molecule has 32 heavy (non-hydrogen) atoms. The molecule has 0 aromatic heterocycles. The molecule has 0 heterocycles. The second-order valence-corrected chi connectivity index (χ2v) is 7.24. The average molecular weight is 440 g/mol. The molecule has 168 valence electrons.